The molecule has 0 saturated heterocycles. The van der Waals surface area contributed by atoms with Crippen LogP contribution in [-0.4, -0.2) is 9.97 Å². The zero-order valence-corrected chi connectivity index (χ0v) is 8.80. The van der Waals surface area contributed by atoms with Crippen molar-refractivity contribution < 1.29 is 0 Å². The molecule has 0 aliphatic rings. The van der Waals surface area contributed by atoms with E-state index in [-0.39, 0.29) is 0 Å². The van der Waals surface area contributed by atoms with E-state index in [0.29, 0.717) is 0 Å². The molecule has 0 N–H and O–H groups in total. The molecule has 1 heterocycles. The number of aryl methyl sites for hydroxylation is 1. The Morgan fingerprint density at radius 3 is 1.73 bits per heavy atom. The van der Waals surface area contributed by atoms with E-state index in [0.717, 1.165) is 0 Å². The van der Waals surface area contributed by atoms with Crippen molar-refractivity contribution in [3.63, 3.8) is 0 Å². The topological polar surface area (TPSA) is 25.8 Å². The minimum Gasteiger partial charge on any atom is -0.262 e. The SMILES string of the molecule is C=Cc1ccc(C)cc1.c1cnccn1. The van der Waals surface area contributed by atoms with Crippen LogP contribution in [0.1, 0.15) is 11.1 Å². The van der Waals surface area contributed by atoms with Crippen molar-refractivity contribution >= 4 is 6.08 Å². The first kappa shape index (κ1) is 11.1. The first-order chi connectivity index (χ1) is 7.33. The van der Waals surface area contributed by atoms with Crippen molar-refractivity contribution in [1.29, 1.82) is 0 Å². The van der Waals surface area contributed by atoms with E-state index in [1.807, 2.05) is 6.08 Å². The molecule has 0 radical (unpaired) electrons. The molecule has 0 aliphatic heterocycles. The van der Waals surface area contributed by atoms with E-state index < -0.39 is 0 Å². The first-order valence-electron chi connectivity index (χ1n) is 4.72. The Morgan fingerprint density at radius 1 is 0.933 bits per heavy atom. The van der Waals surface area contributed by atoms with E-state index in [4.69, 9.17) is 0 Å². The summed E-state index contributed by atoms with van der Waals surface area (Å²) in [7, 11) is 0. The Balaban J connectivity index is 0.000000162. The maximum Gasteiger partial charge on any atom is 0.0451 e. The zero-order valence-electron chi connectivity index (χ0n) is 8.80. The summed E-state index contributed by atoms with van der Waals surface area (Å²) in [5.41, 5.74) is 2.47. The van der Waals surface area contributed by atoms with Crippen molar-refractivity contribution in [3.8, 4) is 0 Å². The second kappa shape index (κ2) is 6.49. The molecule has 1 aromatic carbocycles. The highest BCUT2D eigenvalue weighted by atomic mass is 14.7. The maximum absolute atomic E-state index is 3.72. The molecule has 1 aromatic heterocycles. The van der Waals surface area contributed by atoms with Gasteiger partial charge in [-0.15, -0.1) is 0 Å². The average Bonchev–Trinajstić information content (AvgIpc) is 2.33. The zero-order chi connectivity index (χ0) is 10.9. The van der Waals surface area contributed by atoms with E-state index in [2.05, 4.69) is 47.7 Å². The van der Waals surface area contributed by atoms with Crippen LogP contribution in [0.25, 0.3) is 6.08 Å². The van der Waals surface area contributed by atoms with Crippen molar-refractivity contribution in [2.45, 2.75) is 6.92 Å². The van der Waals surface area contributed by atoms with Crippen LogP contribution in [-0.2, 0) is 0 Å². The third kappa shape index (κ3) is 4.72. The monoisotopic (exact) mass is 198 g/mol. The molecule has 0 fully saturated rings. The van der Waals surface area contributed by atoms with E-state index in [9.17, 15) is 0 Å². The summed E-state index contributed by atoms with van der Waals surface area (Å²) < 4.78 is 0. The number of hydrogen-bond donors (Lipinski definition) is 0. The second-order valence-electron chi connectivity index (χ2n) is 3.01. The molecule has 0 bridgehead atoms. The lowest BCUT2D eigenvalue weighted by Gasteiger charge is -1.91. The van der Waals surface area contributed by atoms with Gasteiger partial charge in [0.25, 0.3) is 0 Å². The van der Waals surface area contributed by atoms with Crippen LogP contribution >= 0.6 is 0 Å². The van der Waals surface area contributed by atoms with Gasteiger partial charge in [-0.25, -0.2) is 0 Å². The molecule has 2 aromatic rings. The standard InChI is InChI=1S/C9H10.C4H4N2/c1-3-9-6-4-8(2)5-7-9;1-2-6-4-3-5-1/h3-7H,1H2,2H3;1-4H. The number of rotatable bonds is 1. The molecule has 0 amide bonds. The minimum absolute atomic E-state index is 1.18. The van der Waals surface area contributed by atoms with Gasteiger partial charge in [0.1, 0.15) is 0 Å². The molecular weight excluding hydrogens is 184 g/mol. The normalized spacial score (nSPS) is 8.60. The fraction of sp³-hybridized carbons (Fsp3) is 0.0769. The summed E-state index contributed by atoms with van der Waals surface area (Å²) in [6.07, 6.45) is 8.40. The lowest BCUT2D eigenvalue weighted by Crippen LogP contribution is -1.71. The fourth-order valence-corrected chi connectivity index (χ4v) is 0.956. The summed E-state index contributed by atoms with van der Waals surface area (Å²) in [6, 6.07) is 8.28. The van der Waals surface area contributed by atoms with Gasteiger partial charge in [0.2, 0.25) is 0 Å². The van der Waals surface area contributed by atoms with Gasteiger partial charge < -0.3 is 0 Å². The van der Waals surface area contributed by atoms with Crippen LogP contribution in [0.4, 0.5) is 0 Å². The van der Waals surface area contributed by atoms with Gasteiger partial charge in [-0.2, -0.15) is 0 Å². The molecule has 0 saturated carbocycles. The summed E-state index contributed by atoms with van der Waals surface area (Å²) >= 11 is 0. The van der Waals surface area contributed by atoms with Gasteiger partial charge in [0, 0.05) is 24.8 Å². The lowest BCUT2D eigenvalue weighted by atomic mass is 10.2. The Kier molecular flexibility index (Phi) is 4.81. The van der Waals surface area contributed by atoms with Crippen molar-refractivity contribution in [2.75, 3.05) is 0 Å². The fourth-order valence-electron chi connectivity index (χ4n) is 0.956. The number of benzene rings is 1. The number of aromatic nitrogens is 2. The largest absolute Gasteiger partial charge is 0.262 e. The molecule has 0 atom stereocenters. The average molecular weight is 198 g/mol. The van der Waals surface area contributed by atoms with Gasteiger partial charge >= 0.3 is 0 Å². The van der Waals surface area contributed by atoms with E-state index in [1.54, 1.807) is 24.8 Å². The summed E-state index contributed by atoms with van der Waals surface area (Å²) in [5, 5.41) is 0. The highest BCUT2D eigenvalue weighted by molar-refractivity contribution is 5.46. The molecule has 2 rings (SSSR count). The first-order valence-corrected chi connectivity index (χ1v) is 4.72. The van der Waals surface area contributed by atoms with Crippen LogP contribution < -0.4 is 0 Å². The predicted molar refractivity (Wildman–Crippen MR) is 63.3 cm³/mol. The Bertz CT molecular complexity index is 352. The third-order valence-electron chi connectivity index (χ3n) is 1.79. The van der Waals surface area contributed by atoms with Gasteiger partial charge in [-0.1, -0.05) is 42.5 Å². The molecule has 0 aliphatic carbocycles. The van der Waals surface area contributed by atoms with Crippen molar-refractivity contribution in [3.05, 3.63) is 66.8 Å². The van der Waals surface area contributed by atoms with Gasteiger partial charge in [0.15, 0.2) is 0 Å². The van der Waals surface area contributed by atoms with E-state index in [1.165, 1.54) is 11.1 Å². The summed E-state index contributed by atoms with van der Waals surface area (Å²) in [5.74, 6) is 0. The maximum atomic E-state index is 3.72. The van der Waals surface area contributed by atoms with Crippen LogP contribution in [0.3, 0.4) is 0 Å². The lowest BCUT2D eigenvalue weighted by molar-refractivity contribution is 1.20. The molecule has 76 valence electrons. The minimum atomic E-state index is 1.18. The van der Waals surface area contributed by atoms with E-state index >= 15 is 0 Å². The number of nitrogens with zero attached hydrogens (tertiary/aromatic N) is 2. The Morgan fingerprint density at radius 2 is 1.40 bits per heavy atom. The summed E-state index contributed by atoms with van der Waals surface area (Å²) in [6.45, 7) is 5.74. The highest BCUT2D eigenvalue weighted by Crippen LogP contribution is 2.02. The molecule has 2 heteroatoms. The Labute approximate surface area is 90.3 Å². The van der Waals surface area contributed by atoms with Gasteiger partial charge in [0.05, 0.1) is 0 Å². The smallest absolute Gasteiger partial charge is 0.0451 e. The van der Waals surface area contributed by atoms with Gasteiger partial charge in [-0.05, 0) is 12.5 Å². The summed E-state index contributed by atoms with van der Waals surface area (Å²) in [4.78, 5) is 7.44. The quantitative estimate of drug-likeness (QED) is 0.703. The molecule has 15 heavy (non-hydrogen) atoms. The second-order valence-corrected chi connectivity index (χ2v) is 3.01. The highest BCUT2D eigenvalue weighted by Gasteiger charge is 1.82. The van der Waals surface area contributed by atoms with Gasteiger partial charge in [-0.3, -0.25) is 9.97 Å². The van der Waals surface area contributed by atoms with Crippen LogP contribution in [0.15, 0.2) is 55.6 Å². The molecule has 0 spiro atoms. The molecule has 2 nitrogen and oxygen atoms in total. The Hall–Kier alpha value is -1.96. The third-order valence-corrected chi connectivity index (χ3v) is 1.79. The van der Waals surface area contributed by atoms with Crippen LogP contribution in [0, 0.1) is 6.92 Å². The molecule has 0 unspecified atom stereocenters. The number of hydrogen-bond acceptors (Lipinski definition) is 2. The molecular formula is C13H14N2. The predicted octanol–water partition coefficient (Wildman–Crippen LogP) is 3.11. The van der Waals surface area contributed by atoms with Crippen molar-refractivity contribution in [1.82, 2.24) is 9.97 Å². The van der Waals surface area contributed by atoms with Crippen molar-refractivity contribution in [2.24, 2.45) is 0 Å². The van der Waals surface area contributed by atoms with Crippen LogP contribution in [0.5, 0.6) is 0 Å². The van der Waals surface area contributed by atoms with Crippen LogP contribution in [0.2, 0.25) is 0 Å².